The molecule has 0 bridgehead atoms. The van der Waals surface area contributed by atoms with Gasteiger partial charge in [0.1, 0.15) is 4.84 Å². The van der Waals surface area contributed by atoms with Crippen molar-refractivity contribution >= 4 is 29.1 Å². The average Bonchev–Trinajstić information content (AvgIpc) is 2.19. The first-order valence-electron chi connectivity index (χ1n) is 4.62. The van der Waals surface area contributed by atoms with Crippen LogP contribution < -0.4 is 0 Å². The maximum Gasteiger partial charge on any atom is 0.213 e. The van der Waals surface area contributed by atoms with Gasteiger partial charge in [0.15, 0.2) is 0 Å². The molecule has 1 aromatic rings. The molecule has 15 heavy (non-hydrogen) atoms. The molecule has 0 amide bonds. The van der Waals surface area contributed by atoms with Crippen molar-refractivity contribution in [1.82, 2.24) is 0 Å². The smallest absolute Gasteiger partial charge is 0.213 e. The van der Waals surface area contributed by atoms with E-state index in [1.54, 1.807) is 6.92 Å². The van der Waals surface area contributed by atoms with Crippen LogP contribution >= 0.6 is 23.2 Å². The summed E-state index contributed by atoms with van der Waals surface area (Å²) < 4.78 is 5.01. The Morgan fingerprint density at radius 1 is 1.33 bits per heavy atom. The summed E-state index contributed by atoms with van der Waals surface area (Å²) in [6, 6.07) is 9.42. The first-order valence-corrected chi connectivity index (χ1v) is 5.50. The van der Waals surface area contributed by atoms with Crippen LogP contribution in [0.15, 0.2) is 30.3 Å². The minimum atomic E-state index is -0.222. The van der Waals surface area contributed by atoms with E-state index < -0.39 is 0 Å². The third-order valence-corrected chi connectivity index (χ3v) is 1.32. The fourth-order valence-corrected chi connectivity index (χ4v) is 0.817. The lowest BCUT2D eigenvalue weighted by Gasteiger charge is -2.02. The fraction of sp³-hybridized carbons (Fsp3) is 0.364. The molecule has 0 saturated heterocycles. The fourth-order valence-electron chi connectivity index (χ4n) is 0.817. The highest BCUT2D eigenvalue weighted by atomic mass is 35.5. The molecular formula is C11H15Cl2NO. The van der Waals surface area contributed by atoms with Gasteiger partial charge in [-0.2, -0.15) is 0 Å². The zero-order valence-electron chi connectivity index (χ0n) is 8.84. The van der Waals surface area contributed by atoms with Crippen molar-refractivity contribution in [2.45, 2.75) is 18.7 Å². The maximum atomic E-state index is 7.41. The van der Waals surface area contributed by atoms with Crippen LogP contribution in [0.25, 0.3) is 0 Å². The monoisotopic (exact) mass is 247 g/mol. The van der Waals surface area contributed by atoms with Crippen LogP contribution in [0.2, 0.25) is 0 Å². The lowest BCUT2D eigenvalue weighted by Crippen LogP contribution is -2.03. The number of alkyl halides is 2. The van der Waals surface area contributed by atoms with Gasteiger partial charge >= 0.3 is 0 Å². The zero-order chi connectivity index (χ0) is 11.7. The van der Waals surface area contributed by atoms with Crippen molar-refractivity contribution in [1.29, 1.82) is 5.41 Å². The van der Waals surface area contributed by atoms with E-state index in [9.17, 15) is 0 Å². The molecule has 0 aliphatic rings. The number of ether oxygens (including phenoxy) is 1. The van der Waals surface area contributed by atoms with E-state index in [4.69, 9.17) is 33.3 Å². The number of hydrogen-bond acceptors (Lipinski definition) is 2. The van der Waals surface area contributed by atoms with E-state index in [1.807, 2.05) is 37.3 Å². The number of benzene rings is 1. The van der Waals surface area contributed by atoms with Crippen LogP contribution in [-0.2, 0) is 4.74 Å². The van der Waals surface area contributed by atoms with E-state index in [0.29, 0.717) is 6.61 Å². The van der Waals surface area contributed by atoms with Gasteiger partial charge in [-0.1, -0.05) is 18.2 Å². The molecule has 0 aliphatic carbocycles. The molecule has 0 spiro atoms. The number of rotatable bonds is 2. The SMILES string of the molecule is CC(Cl)Cl.CCOC(=N)c1ccccc1. The molecular weight excluding hydrogens is 233 g/mol. The van der Waals surface area contributed by atoms with Crippen molar-refractivity contribution in [3.63, 3.8) is 0 Å². The second-order valence-electron chi connectivity index (χ2n) is 2.65. The lowest BCUT2D eigenvalue weighted by atomic mass is 10.2. The predicted molar refractivity (Wildman–Crippen MR) is 66.1 cm³/mol. The highest BCUT2D eigenvalue weighted by Gasteiger charge is 1.97. The van der Waals surface area contributed by atoms with Gasteiger partial charge in [0, 0.05) is 5.56 Å². The summed E-state index contributed by atoms with van der Waals surface area (Å²) in [6.07, 6.45) is 0. The van der Waals surface area contributed by atoms with Gasteiger partial charge in [-0.3, -0.25) is 5.41 Å². The molecule has 2 nitrogen and oxygen atoms in total. The molecule has 0 saturated carbocycles. The van der Waals surface area contributed by atoms with Crippen molar-refractivity contribution in [2.75, 3.05) is 6.61 Å². The Balaban J connectivity index is 0.000000423. The normalized spacial score (nSPS) is 9.13. The molecule has 0 unspecified atom stereocenters. The predicted octanol–water partition coefficient (Wildman–Crippen LogP) is 3.86. The first-order chi connectivity index (χ1) is 7.07. The van der Waals surface area contributed by atoms with Crippen LogP contribution in [-0.4, -0.2) is 17.3 Å². The summed E-state index contributed by atoms with van der Waals surface area (Å²) >= 11 is 10.1. The average molecular weight is 248 g/mol. The summed E-state index contributed by atoms with van der Waals surface area (Å²) in [5.41, 5.74) is 0.828. The Morgan fingerprint density at radius 3 is 2.20 bits per heavy atom. The molecule has 0 atom stereocenters. The Hall–Kier alpha value is -0.730. The molecule has 1 N–H and O–H groups in total. The minimum Gasteiger partial charge on any atom is -0.478 e. The Labute approximate surface area is 101 Å². The Bertz CT molecular complexity index is 272. The van der Waals surface area contributed by atoms with Crippen molar-refractivity contribution in [3.8, 4) is 0 Å². The van der Waals surface area contributed by atoms with Crippen molar-refractivity contribution < 1.29 is 4.74 Å². The molecule has 0 radical (unpaired) electrons. The van der Waals surface area contributed by atoms with E-state index in [0.717, 1.165) is 5.56 Å². The third-order valence-electron chi connectivity index (χ3n) is 1.32. The van der Waals surface area contributed by atoms with E-state index in [2.05, 4.69) is 0 Å². The second-order valence-corrected chi connectivity index (χ2v) is 4.18. The van der Waals surface area contributed by atoms with Gasteiger partial charge in [-0.15, -0.1) is 23.2 Å². The summed E-state index contributed by atoms with van der Waals surface area (Å²) in [5, 5.41) is 7.41. The summed E-state index contributed by atoms with van der Waals surface area (Å²) in [5.74, 6) is 0.244. The Kier molecular flexibility index (Phi) is 8.15. The van der Waals surface area contributed by atoms with Gasteiger partial charge in [0.05, 0.1) is 6.61 Å². The minimum absolute atomic E-state index is 0.222. The first kappa shape index (κ1) is 14.3. The summed E-state index contributed by atoms with van der Waals surface area (Å²) in [7, 11) is 0. The number of hydrogen-bond donors (Lipinski definition) is 1. The maximum absolute atomic E-state index is 7.41. The standard InChI is InChI=1S/C9H11NO.C2H4Cl2/c1-2-11-9(10)8-6-4-3-5-7-8;1-2(3)4/h3-7,10H,2H2,1H3;2H,1H3. The summed E-state index contributed by atoms with van der Waals surface area (Å²) in [6.45, 7) is 4.12. The van der Waals surface area contributed by atoms with Gasteiger partial charge < -0.3 is 4.74 Å². The van der Waals surface area contributed by atoms with Crippen LogP contribution in [0, 0.1) is 5.41 Å². The van der Waals surface area contributed by atoms with E-state index in [-0.39, 0.29) is 10.7 Å². The molecule has 0 heterocycles. The van der Waals surface area contributed by atoms with Crippen LogP contribution in [0.5, 0.6) is 0 Å². The number of nitrogens with one attached hydrogen (secondary N) is 1. The number of halogens is 2. The highest BCUT2D eigenvalue weighted by molar-refractivity contribution is 6.43. The quantitative estimate of drug-likeness (QED) is 0.481. The van der Waals surface area contributed by atoms with Crippen LogP contribution in [0.4, 0.5) is 0 Å². The van der Waals surface area contributed by atoms with Crippen molar-refractivity contribution in [3.05, 3.63) is 35.9 Å². The highest BCUT2D eigenvalue weighted by Crippen LogP contribution is 1.99. The molecule has 4 heteroatoms. The molecule has 1 rings (SSSR count). The molecule has 0 aromatic heterocycles. The molecule has 0 aliphatic heterocycles. The molecule has 0 fully saturated rings. The summed E-state index contributed by atoms with van der Waals surface area (Å²) in [4.78, 5) is -0.222. The molecule has 84 valence electrons. The lowest BCUT2D eigenvalue weighted by molar-refractivity contribution is 0.325. The van der Waals surface area contributed by atoms with Gasteiger partial charge in [-0.25, -0.2) is 0 Å². The van der Waals surface area contributed by atoms with E-state index in [1.165, 1.54) is 0 Å². The zero-order valence-corrected chi connectivity index (χ0v) is 10.3. The van der Waals surface area contributed by atoms with E-state index >= 15 is 0 Å². The molecule has 1 aromatic carbocycles. The van der Waals surface area contributed by atoms with Crippen LogP contribution in [0.3, 0.4) is 0 Å². The van der Waals surface area contributed by atoms with Crippen molar-refractivity contribution in [2.24, 2.45) is 0 Å². The topological polar surface area (TPSA) is 33.1 Å². The second kappa shape index (κ2) is 8.57. The van der Waals surface area contributed by atoms with Gasteiger partial charge in [0.25, 0.3) is 0 Å². The van der Waals surface area contributed by atoms with Gasteiger partial charge in [-0.05, 0) is 26.0 Å². The third kappa shape index (κ3) is 8.28. The van der Waals surface area contributed by atoms with Crippen LogP contribution in [0.1, 0.15) is 19.4 Å². The Morgan fingerprint density at radius 2 is 1.80 bits per heavy atom. The van der Waals surface area contributed by atoms with Gasteiger partial charge in [0.2, 0.25) is 5.90 Å². The largest absolute Gasteiger partial charge is 0.478 e.